The molecule has 0 spiro atoms. The summed E-state index contributed by atoms with van der Waals surface area (Å²) in [5, 5.41) is 9.31. The maximum absolute atomic E-state index is 13.0. The van der Waals surface area contributed by atoms with Gasteiger partial charge in [-0.25, -0.2) is 4.79 Å². The van der Waals surface area contributed by atoms with Crippen molar-refractivity contribution in [1.29, 1.82) is 0 Å². The van der Waals surface area contributed by atoms with Gasteiger partial charge in [-0.2, -0.15) is 0 Å². The Morgan fingerprint density at radius 3 is 2.04 bits per heavy atom. The topological polar surface area (TPSA) is 59.0 Å². The number of nitrogens with zero attached hydrogens (tertiary/aromatic N) is 1. The molecule has 28 heavy (non-hydrogen) atoms. The van der Waals surface area contributed by atoms with Crippen molar-refractivity contribution in [1.82, 2.24) is 4.90 Å². The molecule has 0 aromatic carbocycles. The van der Waals surface area contributed by atoms with Crippen LogP contribution < -0.4 is 0 Å². The summed E-state index contributed by atoms with van der Waals surface area (Å²) in [6.07, 6.45) is 3.08. The minimum absolute atomic E-state index is 0.0331. The van der Waals surface area contributed by atoms with Gasteiger partial charge in [0.05, 0.1) is 12.6 Å². The molecule has 0 bridgehead atoms. The third kappa shape index (κ3) is 10.8. The lowest BCUT2D eigenvalue weighted by Gasteiger charge is -2.40. The molecule has 168 valence electrons. The van der Waals surface area contributed by atoms with Gasteiger partial charge >= 0.3 is 6.09 Å². The molecule has 0 saturated heterocycles. The van der Waals surface area contributed by atoms with Crippen molar-refractivity contribution in [3.05, 3.63) is 0 Å². The Bertz CT molecular complexity index is 452. The number of ether oxygens (including phenoxy) is 1. The summed E-state index contributed by atoms with van der Waals surface area (Å²) >= 11 is 0. The summed E-state index contributed by atoms with van der Waals surface area (Å²) in [5.74, 6) is 0.504. The second-order valence-corrected chi connectivity index (χ2v) is 15.6. The molecule has 0 aliphatic carbocycles. The van der Waals surface area contributed by atoms with Crippen LogP contribution in [0.15, 0.2) is 0 Å². The van der Waals surface area contributed by atoms with Crippen LogP contribution in [-0.4, -0.2) is 55.8 Å². The molecule has 0 heterocycles. The zero-order valence-electron chi connectivity index (χ0n) is 20.2. The molecule has 0 aromatic rings. The lowest BCUT2D eigenvalue weighted by atomic mass is 10.1. The molecule has 0 fully saturated rings. The van der Waals surface area contributed by atoms with Crippen molar-refractivity contribution in [2.45, 2.75) is 111 Å². The molecular weight excluding hydrogens is 370 g/mol. The summed E-state index contributed by atoms with van der Waals surface area (Å²) in [6, 6.07) is -0.0331. The van der Waals surface area contributed by atoms with Gasteiger partial charge in [-0.1, -0.05) is 34.6 Å². The summed E-state index contributed by atoms with van der Waals surface area (Å²) in [7, 11) is -1.92. The van der Waals surface area contributed by atoms with Crippen LogP contribution in [0.25, 0.3) is 0 Å². The van der Waals surface area contributed by atoms with Gasteiger partial charge in [0.25, 0.3) is 0 Å². The highest BCUT2D eigenvalue weighted by Gasteiger charge is 2.38. The van der Waals surface area contributed by atoms with Crippen molar-refractivity contribution in [3.8, 4) is 0 Å². The Hall–Kier alpha value is -0.593. The average molecular weight is 418 g/mol. The summed E-state index contributed by atoms with van der Waals surface area (Å²) in [6.45, 7) is 22.6. The van der Waals surface area contributed by atoms with Crippen LogP contribution in [0.2, 0.25) is 18.1 Å². The first-order valence-electron chi connectivity index (χ1n) is 10.8. The van der Waals surface area contributed by atoms with Crippen LogP contribution in [0.4, 0.5) is 4.79 Å². The fourth-order valence-electron chi connectivity index (χ4n) is 2.48. The summed E-state index contributed by atoms with van der Waals surface area (Å²) < 4.78 is 12.2. The lowest BCUT2D eigenvalue weighted by Crippen LogP contribution is -2.49. The minimum Gasteiger partial charge on any atom is -0.444 e. The summed E-state index contributed by atoms with van der Waals surface area (Å²) in [5.41, 5.74) is -0.525. The van der Waals surface area contributed by atoms with E-state index in [0.29, 0.717) is 19.1 Å². The van der Waals surface area contributed by atoms with Gasteiger partial charge in [0.1, 0.15) is 5.60 Å². The van der Waals surface area contributed by atoms with Crippen LogP contribution >= 0.6 is 0 Å². The number of rotatable bonds is 11. The zero-order valence-corrected chi connectivity index (χ0v) is 21.2. The number of aliphatic hydroxyl groups excluding tert-OH is 1. The van der Waals surface area contributed by atoms with E-state index in [2.05, 4.69) is 47.7 Å². The molecule has 1 amide bonds. The Labute approximate surface area is 175 Å². The Morgan fingerprint density at radius 2 is 1.61 bits per heavy atom. The highest BCUT2D eigenvalue weighted by Crippen LogP contribution is 2.37. The van der Waals surface area contributed by atoms with Crippen LogP contribution in [0.1, 0.15) is 81.1 Å². The molecule has 0 unspecified atom stereocenters. The number of hydrogen-bond acceptors (Lipinski definition) is 4. The van der Waals surface area contributed by atoms with E-state index in [-0.39, 0.29) is 23.8 Å². The van der Waals surface area contributed by atoms with Gasteiger partial charge in [0.15, 0.2) is 8.32 Å². The van der Waals surface area contributed by atoms with E-state index in [1.807, 2.05) is 25.7 Å². The van der Waals surface area contributed by atoms with E-state index < -0.39 is 13.9 Å². The molecule has 0 aromatic heterocycles. The first-order chi connectivity index (χ1) is 12.6. The van der Waals surface area contributed by atoms with Crippen molar-refractivity contribution < 1.29 is 19.1 Å². The number of carbonyl (C=O) groups excluding carboxylic acids is 1. The highest BCUT2D eigenvalue weighted by atomic mass is 28.4. The molecule has 1 atom stereocenters. The molecule has 0 aliphatic rings. The molecular formula is C22H47NO4Si. The smallest absolute Gasteiger partial charge is 0.410 e. The van der Waals surface area contributed by atoms with E-state index in [1.54, 1.807) is 0 Å². The van der Waals surface area contributed by atoms with Crippen molar-refractivity contribution in [2.24, 2.45) is 5.92 Å². The van der Waals surface area contributed by atoms with Crippen LogP contribution in [0.3, 0.4) is 0 Å². The largest absolute Gasteiger partial charge is 0.444 e. The van der Waals surface area contributed by atoms with Crippen LogP contribution in [-0.2, 0) is 9.16 Å². The van der Waals surface area contributed by atoms with Crippen molar-refractivity contribution in [3.63, 3.8) is 0 Å². The lowest BCUT2D eigenvalue weighted by molar-refractivity contribution is 0.00749. The Kier molecular flexibility index (Phi) is 11.3. The quantitative estimate of drug-likeness (QED) is 0.340. The molecule has 0 saturated carbocycles. The van der Waals surface area contributed by atoms with Gasteiger partial charge in [0, 0.05) is 13.2 Å². The van der Waals surface area contributed by atoms with Crippen molar-refractivity contribution >= 4 is 14.4 Å². The number of unbranched alkanes of at least 4 members (excludes halogenated alkanes) is 1. The molecule has 0 rings (SSSR count). The third-order valence-corrected chi connectivity index (χ3v) is 9.91. The Balaban J connectivity index is 5.46. The van der Waals surface area contributed by atoms with Gasteiger partial charge in [-0.15, -0.1) is 0 Å². The van der Waals surface area contributed by atoms with E-state index in [1.165, 1.54) is 0 Å². The average Bonchev–Trinajstić information content (AvgIpc) is 2.49. The normalized spacial score (nSPS) is 14.3. The Morgan fingerprint density at radius 1 is 1.04 bits per heavy atom. The molecule has 6 heteroatoms. The van der Waals surface area contributed by atoms with Gasteiger partial charge < -0.3 is 19.2 Å². The maximum Gasteiger partial charge on any atom is 0.410 e. The number of carbonyl (C=O) groups is 1. The minimum atomic E-state index is -1.92. The van der Waals surface area contributed by atoms with Crippen LogP contribution in [0.5, 0.6) is 0 Å². The standard InChI is InChI=1S/C22H47NO4Si/c1-18(2)14-15-23(20(25)27-21(3,4)5)19(13-11-12-16-24)17-26-28(9,10)22(6,7)8/h18-19,24H,11-17H2,1-10H3/t19-/m0/s1. The van der Waals surface area contributed by atoms with E-state index in [4.69, 9.17) is 9.16 Å². The van der Waals surface area contributed by atoms with E-state index >= 15 is 0 Å². The molecule has 0 aliphatic heterocycles. The second-order valence-electron chi connectivity index (χ2n) is 10.8. The maximum atomic E-state index is 13.0. The highest BCUT2D eigenvalue weighted by molar-refractivity contribution is 6.74. The van der Waals surface area contributed by atoms with Gasteiger partial charge in [0.2, 0.25) is 0 Å². The number of hydrogen-bond donors (Lipinski definition) is 1. The predicted octanol–water partition coefficient (Wildman–Crippen LogP) is 5.82. The van der Waals surface area contributed by atoms with Gasteiger partial charge in [-0.05, 0) is 70.5 Å². The van der Waals surface area contributed by atoms with Crippen LogP contribution in [0, 0.1) is 5.92 Å². The van der Waals surface area contributed by atoms with E-state index in [0.717, 1.165) is 25.7 Å². The van der Waals surface area contributed by atoms with Gasteiger partial charge in [-0.3, -0.25) is 0 Å². The number of aliphatic hydroxyl groups is 1. The fourth-order valence-corrected chi connectivity index (χ4v) is 3.52. The molecule has 1 N–H and O–H groups in total. The zero-order chi connectivity index (χ0) is 22.2. The monoisotopic (exact) mass is 417 g/mol. The predicted molar refractivity (Wildman–Crippen MR) is 120 cm³/mol. The van der Waals surface area contributed by atoms with E-state index in [9.17, 15) is 9.90 Å². The first kappa shape index (κ1) is 27.4. The summed E-state index contributed by atoms with van der Waals surface area (Å²) in [4.78, 5) is 14.8. The third-order valence-electron chi connectivity index (χ3n) is 5.40. The van der Waals surface area contributed by atoms with Crippen molar-refractivity contribution in [2.75, 3.05) is 19.8 Å². The first-order valence-corrected chi connectivity index (χ1v) is 13.8. The molecule has 0 radical (unpaired) electrons. The SMILES string of the molecule is CC(C)CCN(C(=O)OC(C)(C)C)[C@@H](CCCCO)CO[Si](C)(C)C(C)(C)C. The fraction of sp³-hybridized carbons (Fsp3) is 0.955. The molecule has 5 nitrogen and oxygen atoms in total. The second kappa shape index (κ2) is 11.6. The number of amides is 1.